The summed E-state index contributed by atoms with van der Waals surface area (Å²) in [6, 6.07) is 0. The topological polar surface area (TPSA) is 64.6 Å². The van der Waals surface area contributed by atoms with Crippen molar-refractivity contribution in [2.24, 2.45) is 5.92 Å². The number of carbonyl (C=O) groups excluding carboxylic acids is 2. The van der Waals surface area contributed by atoms with Gasteiger partial charge in [-0.05, 0) is 18.8 Å². The summed E-state index contributed by atoms with van der Waals surface area (Å²) in [7, 11) is 1.64. The van der Waals surface area contributed by atoms with Crippen molar-refractivity contribution in [2.45, 2.75) is 39.2 Å². The fraction of sp³-hybridized carbons (Fsp3) is 0.692. The third-order valence-electron chi connectivity index (χ3n) is 2.68. The minimum Gasteiger partial charge on any atom is -0.465 e. The van der Waals surface area contributed by atoms with Crippen LogP contribution in [0.4, 0.5) is 0 Å². The average molecular weight is 255 g/mol. The maximum Gasteiger partial charge on any atom is 0.268 e. The summed E-state index contributed by atoms with van der Waals surface area (Å²) in [5, 5.41) is 2.57. The molecular weight excluding hydrogens is 234 g/mol. The van der Waals surface area contributed by atoms with Crippen LogP contribution in [0, 0.1) is 5.92 Å². The molecule has 0 aromatic carbocycles. The van der Waals surface area contributed by atoms with Gasteiger partial charge in [-0.25, -0.2) is 0 Å². The number of hydrogen-bond donors (Lipinski definition) is 1. The van der Waals surface area contributed by atoms with Crippen LogP contribution in [0.3, 0.4) is 0 Å². The van der Waals surface area contributed by atoms with Crippen molar-refractivity contribution in [3.63, 3.8) is 0 Å². The number of hydrogen-bond acceptors (Lipinski definition) is 4. The number of methoxy groups -OCH3 is 1. The Morgan fingerprint density at radius 3 is 2.78 bits per heavy atom. The lowest BCUT2D eigenvalue weighted by Crippen LogP contribution is -2.27. The van der Waals surface area contributed by atoms with Crippen molar-refractivity contribution in [1.29, 1.82) is 0 Å². The third-order valence-corrected chi connectivity index (χ3v) is 2.68. The second-order valence-electron chi connectivity index (χ2n) is 4.70. The summed E-state index contributed by atoms with van der Waals surface area (Å²) >= 11 is 0. The molecule has 5 heteroatoms. The smallest absolute Gasteiger partial charge is 0.268 e. The van der Waals surface area contributed by atoms with Gasteiger partial charge in [0.15, 0.2) is 17.8 Å². The number of ketones is 1. The lowest BCUT2D eigenvalue weighted by Gasteiger charge is -2.10. The Hall–Kier alpha value is -1.36. The van der Waals surface area contributed by atoms with E-state index in [0.29, 0.717) is 13.0 Å². The molecule has 1 aliphatic rings. The summed E-state index contributed by atoms with van der Waals surface area (Å²) in [4.78, 5) is 23.1. The molecule has 1 atom stereocenters. The van der Waals surface area contributed by atoms with Crippen LogP contribution in [0.2, 0.25) is 0 Å². The maximum absolute atomic E-state index is 11.6. The van der Waals surface area contributed by atoms with Gasteiger partial charge in [-0.1, -0.05) is 13.8 Å². The van der Waals surface area contributed by atoms with Crippen LogP contribution in [-0.4, -0.2) is 31.5 Å². The predicted octanol–water partition coefficient (Wildman–Crippen LogP) is 1.38. The van der Waals surface area contributed by atoms with Crippen LogP contribution in [0.15, 0.2) is 12.0 Å². The van der Waals surface area contributed by atoms with Crippen LogP contribution < -0.4 is 5.32 Å². The fourth-order valence-corrected chi connectivity index (χ4v) is 1.69. The Morgan fingerprint density at radius 1 is 1.50 bits per heavy atom. The number of unbranched alkanes of at least 4 members (excludes halogenated alkanes) is 1. The van der Waals surface area contributed by atoms with E-state index in [4.69, 9.17) is 9.47 Å². The normalized spacial score (nSPS) is 21.2. The zero-order valence-electron chi connectivity index (χ0n) is 11.2. The summed E-state index contributed by atoms with van der Waals surface area (Å²) in [5.41, 5.74) is 0. The van der Waals surface area contributed by atoms with E-state index < -0.39 is 6.10 Å². The molecule has 0 spiro atoms. The van der Waals surface area contributed by atoms with Crippen molar-refractivity contribution in [2.75, 3.05) is 13.7 Å². The molecular formula is C13H21NO4. The Morgan fingerprint density at radius 2 is 2.22 bits per heavy atom. The van der Waals surface area contributed by atoms with E-state index in [1.807, 2.05) is 13.8 Å². The van der Waals surface area contributed by atoms with Crippen molar-refractivity contribution in [3.8, 4) is 0 Å². The quantitative estimate of drug-likeness (QED) is 0.551. The highest BCUT2D eigenvalue weighted by Crippen LogP contribution is 2.17. The summed E-state index contributed by atoms with van der Waals surface area (Å²) in [6.45, 7) is 4.46. The number of ether oxygens (including phenoxy) is 2. The van der Waals surface area contributed by atoms with Gasteiger partial charge in [-0.3, -0.25) is 14.9 Å². The Bertz CT molecular complexity index is 336. The van der Waals surface area contributed by atoms with Crippen LogP contribution in [0.5, 0.6) is 0 Å². The maximum atomic E-state index is 11.6. The van der Waals surface area contributed by atoms with Gasteiger partial charge in [0.25, 0.3) is 5.91 Å². The van der Waals surface area contributed by atoms with Crippen LogP contribution in [0.25, 0.3) is 0 Å². The first kappa shape index (κ1) is 14.7. The molecule has 0 aromatic heterocycles. The lowest BCUT2D eigenvalue weighted by atomic mass is 10.1. The number of rotatable bonds is 7. The first-order valence-electron chi connectivity index (χ1n) is 6.25. The minimum atomic E-state index is -0.488. The highest BCUT2D eigenvalue weighted by atomic mass is 16.5. The molecule has 1 rings (SSSR count). The second kappa shape index (κ2) is 7.16. The molecule has 0 unspecified atom stereocenters. The Labute approximate surface area is 108 Å². The van der Waals surface area contributed by atoms with Crippen LogP contribution >= 0.6 is 0 Å². The molecule has 18 heavy (non-hydrogen) atoms. The van der Waals surface area contributed by atoms with Crippen LogP contribution in [0.1, 0.15) is 33.1 Å². The van der Waals surface area contributed by atoms with E-state index in [1.165, 1.54) is 6.08 Å². The van der Waals surface area contributed by atoms with Crippen molar-refractivity contribution >= 4 is 11.7 Å². The molecule has 1 heterocycles. The molecule has 0 aliphatic carbocycles. The zero-order valence-corrected chi connectivity index (χ0v) is 11.2. The molecule has 5 nitrogen and oxygen atoms in total. The number of allylic oxidation sites excluding steroid dienone is 1. The Balaban J connectivity index is 2.38. The van der Waals surface area contributed by atoms with Gasteiger partial charge in [0, 0.05) is 26.2 Å². The van der Waals surface area contributed by atoms with Crippen molar-refractivity contribution in [3.05, 3.63) is 12.0 Å². The third kappa shape index (κ3) is 4.49. The number of amides is 1. The van der Waals surface area contributed by atoms with E-state index in [9.17, 15) is 9.59 Å². The molecule has 1 aliphatic heterocycles. The summed E-state index contributed by atoms with van der Waals surface area (Å²) in [5.74, 6) is 0.150. The molecule has 0 bridgehead atoms. The highest BCUT2D eigenvalue weighted by Gasteiger charge is 2.32. The zero-order chi connectivity index (χ0) is 13.5. The van der Waals surface area contributed by atoms with Gasteiger partial charge in [0.05, 0.1) is 0 Å². The van der Waals surface area contributed by atoms with E-state index in [0.717, 1.165) is 12.8 Å². The summed E-state index contributed by atoms with van der Waals surface area (Å²) in [6.07, 6.45) is 2.95. The van der Waals surface area contributed by atoms with Crippen molar-refractivity contribution < 1.29 is 19.1 Å². The number of nitrogens with one attached hydrogen (secondary N) is 1. The van der Waals surface area contributed by atoms with E-state index >= 15 is 0 Å². The van der Waals surface area contributed by atoms with E-state index in [-0.39, 0.29) is 23.5 Å². The molecule has 1 N–H and O–H groups in total. The molecule has 1 saturated heterocycles. The molecule has 102 valence electrons. The molecule has 0 aromatic rings. The second-order valence-corrected chi connectivity index (χ2v) is 4.70. The first-order chi connectivity index (χ1) is 8.54. The highest BCUT2D eigenvalue weighted by molar-refractivity contribution is 5.92. The molecule has 0 saturated carbocycles. The standard InChI is InChI=1S/C13H21NO4/c1-9(2)12-13(16)14-11(18-12)8-10(15)6-4-5-7-17-3/h8-9,12H,4-7H2,1-3H3,(H,14,16)/b11-8+/t12-/m0/s1. The van der Waals surface area contributed by atoms with E-state index in [2.05, 4.69) is 5.32 Å². The fourth-order valence-electron chi connectivity index (χ4n) is 1.69. The SMILES string of the molecule is COCCCCC(=O)/C=C1\NC(=O)[C@H](C(C)C)O1. The Kier molecular flexibility index (Phi) is 5.85. The first-order valence-corrected chi connectivity index (χ1v) is 6.25. The van der Waals surface area contributed by atoms with Crippen molar-refractivity contribution in [1.82, 2.24) is 5.32 Å². The largest absolute Gasteiger partial charge is 0.465 e. The van der Waals surface area contributed by atoms with Gasteiger partial charge >= 0.3 is 0 Å². The lowest BCUT2D eigenvalue weighted by molar-refractivity contribution is -0.125. The number of carbonyl (C=O) groups is 2. The summed E-state index contributed by atoms with van der Waals surface area (Å²) < 4.78 is 10.3. The minimum absolute atomic E-state index is 0.0363. The molecule has 0 radical (unpaired) electrons. The van der Waals surface area contributed by atoms with Crippen LogP contribution in [-0.2, 0) is 19.1 Å². The van der Waals surface area contributed by atoms with Gasteiger partial charge < -0.3 is 9.47 Å². The van der Waals surface area contributed by atoms with E-state index in [1.54, 1.807) is 7.11 Å². The van der Waals surface area contributed by atoms with Gasteiger partial charge in [-0.15, -0.1) is 0 Å². The average Bonchev–Trinajstić information content (AvgIpc) is 2.66. The predicted molar refractivity (Wildman–Crippen MR) is 66.7 cm³/mol. The van der Waals surface area contributed by atoms with Gasteiger partial charge in [0.1, 0.15) is 0 Å². The van der Waals surface area contributed by atoms with Gasteiger partial charge in [-0.2, -0.15) is 0 Å². The molecule has 1 fully saturated rings. The molecule has 1 amide bonds. The monoisotopic (exact) mass is 255 g/mol. The van der Waals surface area contributed by atoms with Gasteiger partial charge in [0.2, 0.25) is 0 Å².